The van der Waals surface area contributed by atoms with Gasteiger partial charge in [-0.2, -0.15) is 0 Å². The zero-order chi connectivity index (χ0) is 14.7. The highest BCUT2D eigenvalue weighted by Gasteiger charge is 2.21. The van der Waals surface area contributed by atoms with E-state index in [2.05, 4.69) is 20.8 Å². The third kappa shape index (κ3) is 3.53. The Bertz CT molecular complexity index is 640. The van der Waals surface area contributed by atoms with Crippen molar-refractivity contribution in [1.29, 1.82) is 0 Å². The maximum Gasteiger partial charge on any atom is 0.272 e. The SMILES string of the molecule is O=C(NCc1ccccc1F)c1ccc(NC2CC2)nn1. The summed E-state index contributed by atoms with van der Waals surface area (Å²) < 4.78 is 13.4. The molecule has 1 aromatic carbocycles. The molecule has 1 saturated carbocycles. The third-order valence-electron chi connectivity index (χ3n) is 3.22. The smallest absolute Gasteiger partial charge is 0.272 e. The lowest BCUT2D eigenvalue weighted by molar-refractivity contribution is 0.0944. The molecule has 1 fully saturated rings. The summed E-state index contributed by atoms with van der Waals surface area (Å²) in [5, 5.41) is 13.7. The van der Waals surface area contributed by atoms with E-state index in [1.807, 2.05) is 0 Å². The van der Waals surface area contributed by atoms with Crippen LogP contribution in [0, 0.1) is 5.82 Å². The summed E-state index contributed by atoms with van der Waals surface area (Å²) in [5.74, 6) is -0.0419. The number of nitrogens with zero attached hydrogens (tertiary/aromatic N) is 2. The van der Waals surface area contributed by atoms with Crippen LogP contribution in [0.1, 0.15) is 28.9 Å². The van der Waals surface area contributed by atoms with Crippen LogP contribution in [0.3, 0.4) is 0 Å². The van der Waals surface area contributed by atoms with E-state index in [4.69, 9.17) is 0 Å². The molecule has 1 aromatic heterocycles. The number of hydrogen-bond donors (Lipinski definition) is 2. The van der Waals surface area contributed by atoms with Gasteiger partial charge in [-0.25, -0.2) is 4.39 Å². The van der Waals surface area contributed by atoms with Crippen molar-refractivity contribution >= 4 is 11.7 Å². The van der Waals surface area contributed by atoms with Gasteiger partial charge in [0.05, 0.1) is 0 Å². The molecule has 0 bridgehead atoms. The fourth-order valence-electron chi connectivity index (χ4n) is 1.87. The highest BCUT2D eigenvalue weighted by atomic mass is 19.1. The topological polar surface area (TPSA) is 66.9 Å². The molecule has 0 atom stereocenters. The molecule has 1 aliphatic rings. The van der Waals surface area contributed by atoms with Gasteiger partial charge in [0.25, 0.3) is 5.91 Å². The fourth-order valence-corrected chi connectivity index (χ4v) is 1.87. The van der Waals surface area contributed by atoms with Crippen molar-refractivity contribution in [3.8, 4) is 0 Å². The van der Waals surface area contributed by atoms with E-state index in [-0.39, 0.29) is 24.0 Å². The van der Waals surface area contributed by atoms with Crippen molar-refractivity contribution in [3.63, 3.8) is 0 Å². The molecule has 0 spiro atoms. The minimum Gasteiger partial charge on any atom is -0.366 e. The third-order valence-corrected chi connectivity index (χ3v) is 3.22. The summed E-state index contributed by atoms with van der Waals surface area (Å²) in [6.45, 7) is 0.120. The predicted octanol–water partition coefficient (Wildman–Crippen LogP) is 2.12. The molecule has 0 radical (unpaired) electrons. The minimum absolute atomic E-state index is 0.120. The van der Waals surface area contributed by atoms with Crippen LogP contribution in [0.4, 0.5) is 10.2 Å². The van der Waals surface area contributed by atoms with Gasteiger partial charge in [0.1, 0.15) is 11.6 Å². The van der Waals surface area contributed by atoms with Crippen LogP contribution in [0.2, 0.25) is 0 Å². The van der Waals surface area contributed by atoms with Crippen LogP contribution in [0.15, 0.2) is 36.4 Å². The monoisotopic (exact) mass is 286 g/mol. The van der Waals surface area contributed by atoms with Crippen molar-refractivity contribution in [3.05, 3.63) is 53.5 Å². The van der Waals surface area contributed by atoms with Gasteiger partial charge >= 0.3 is 0 Å². The molecule has 21 heavy (non-hydrogen) atoms. The van der Waals surface area contributed by atoms with Crippen molar-refractivity contribution in [1.82, 2.24) is 15.5 Å². The Kier molecular flexibility index (Phi) is 3.77. The van der Waals surface area contributed by atoms with Crippen molar-refractivity contribution in [2.75, 3.05) is 5.32 Å². The largest absolute Gasteiger partial charge is 0.366 e. The summed E-state index contributed by atoms with van der Waals surface area (Å²) in [5.41, 5.74) is 0.651. The minimum atomic E-state index is -0.372. The first-order chi connectivity index (χ1) is 10.2. The summed E-state index contributed by atoms with van der Waals surface area (Å²) in [6, 6.07) is 10.1. The first kappa shape index (κ1) is 13.5. The van der Waals surface area contributed by atoms with E-state index in [1.165, 1.54) is 6.07 Å². The van der Waals surface area contributed by atoms with E-state index in [0.717, 1.165) is 12.8 Å². The molecule has 1 amide bonds. The Hall–Kier alpha value is -2.50. The van der Waals surface area contributed by atoms with Gasteiger partial charge in [-0.05, 0) is 31.0 Å². The lowest BCUT2D eigenvalue weighted by Gasteiger charge is -2.06. The standard InChI is InChI=1S/C15H15FN4O/c16-12-4-2-1-3-10(12)9-17-15(21)13-7-8-14(20-19-13)18-11-5-6-11/h1-4,7-8,11H,5-6,9H2,(H,17,21)(H,18,20). The summed E-state index contributed by atoms with van der Waals surface area (Å²) in [4.78, 5) is 11.9. The van der Waals surface area contributed by atoms with E-state index in [1.54, 1.807) is 30.3 Å². The number of anilines is 1. The Morgan fingerprint density at radius 1 is 1.19 bits per heavy atom. The number of halogens is 1. The molecule has 2 N–H and O–H groups in total. The van der Waals surface area contributed by atoms with Gasteiger partial charge in [0.15, 0.2) is 5.69 Å². The number of rotatable bonds is 5. The molecule has 0 saturated heterocycles. The fraction of sp³-hybridized carbons (Fsp3) is 0.267. The number of aromatic nitrogens is 2. The number of carbonyl (C=O) groups excluding carboxylic acids is 1. The lowest BCUT2D eigenvalue weighted by atomic mass is 10.2. The Morgan fingerprint density at radius 2 is 2.00 bits per heavy atom. The quantitative estimate of drug-likeness (QED) is 0.883. The molecule has 0 unspecified atom stereocenters. The van der Waals surface area contributed by atoms with Crippen LogP contribution < -0.4 is 10.6 Å². The Morgan fingerprint density at radius 3 is 2.67 bits per heavy atom. The molecule has 1 aliphatic carbocycles. The maximum atomic E-state index is 13.4. The van der Waals surface area contributed by atoms with Gasteiger partial charge < -0.3 is 10.6 Å². The number of hydrogen-bond acceptors (Lipinski definition) is 4. The van der Waals surface area contributed by atoms with Gasteiger partial charge in [-0.15, -0.1) is 10.2 Å². The van der Waals surface area contributed by atoms with E-state index in [9.17, 15) is 9.18 Å². The van der Waals surface area contributed by atoms with E-state index < -0.39 is 0 Å². The molecule has 0 aliphatic heterocycles. The van der Waals surface area contributed by atoms with Gasteiger partial charge in [0, 0.05) is 18.2 Å². The van der Waals surface area contributed by atoms with Crippen molar-refractivity contribution in [2.45, 2.75) is 25.4 Å². The molecule has 3 rings (SSSR count). The summed E-state index contributed by atoms with van der Waals surface area (Å²) >= 11 is 0. The van der Waals surface area contributed by atoms with Crippen LogP contribution in [-0.4, -0.2) is 22.1 Å². The van der Waals surface area contributed by atoms with Crippen LogP contribution in [0.25, 0.3) is 0 Å². The first-order valence-corrected chi connectivity index (χ1v) is 6.84. The lowest BCUT2D eigenvalue weighted by Crippen LogP contribution is -2.24. The summed E-state index contributed by atoms with van der Waals surface area (Å²) in [7, 11) is 0. The van der Waals surface area contributed by atoms with Crippen LogP contribution >= 0.6 is 0 Å². The van der Waals surface area contributed by atoms with E-state index in [0.29, 0.717) is 17.4 Å². The molecule has 1 heterocycles. The molecule has 2 aromatic rings. The molecule has 108 valence electrons. The van der Waals surface area contributed by atoms with E-state index >= 15 is 0 Å². The second-order valence-electron chi connectivity index (χ2n) is 5.00. The normalized spacial score (nSPS) is 13.8. The van der Waals surface area contributed by atoms with Gasteiger partial charge in [-0.1, -0.05) is 18.2 Å². The molecule has 5 nitrogen and oxygen atoms in total. The predicted molar refractivity (Wildman–Crippen MR) is 76.2 cm³/mol. The molecular formula is C15H15FN4O. The Balaban J connectivity index is 1.58. The number of benzene rings is 1. The summed E-state index contributed by atoms with van der Waals surface area (Å²) in [6.07, 6.45) is 2.29. The average Bonchev–Trinajstić information content (AvgIpc) is 3.31. The zero-order valence-electron chi connectivity index (χ0n) is 11.3. The number of amides is 1. The van der Waals surface area contributed by atoms with Gasteiger partial charge in [0.2, 0.25) is 0 Å². The van der Waals surface area contributed by atoms with Crippen molar-refractivity contribution in [2.24, 2.45) is 0 Å². The van der Waals surface area contributed by atoms with Crippen LogP contribution in [-0.2, 0) is 6.54 Å². The van der Waals surface area contributed by atoms with Crippen LogP contribution in [0.5, 0.6) is 0 Å². The highest BCUT2D eigenvalue weighted by Crippen LogP contribution is 2.23. The second kappa shape index (κ2) is 5.87. The number of nitrogens with one attached hydrogen (secondary N) is 2. The molecule has 6 heteroatoms. The maximum absolute atomic E-state index is 13.4. The van der Waals surface area contributed by atoms with Crippen molar-refractivity contribution < 1.29 is 9.18 Å². The highest BCUT2D eigenvalue weighted by molar-refractivity contribution is 5.92. The number of carbonyl (C=O) groups is 1. The first-order valence-electron chi connectivity index (χ1n) is 6.84. The van der Waals surface area contributed by atoms with Gasteiger partial charge in [-0.3, -0.25) is 4.79 Å². The second-order valence-corrected chi connectivity index (χ2v) is 5.00. The zero-order valence-corrected chi connectivity index (χ0v) is 11.3. The molecular weight excluding hydrogens is 271 g/mol. The average molecular weight is 286 g/mol. The Labute approximate surface area is 121 Å².